The number of methoxy groups -OCH3 is 1. The average molecular weight is 260 g/mol. The third kappa shape index (κ3) is 5.95. The fourth-order valence-corrected chi connectivity index (χ4v) is 1.44. The highest BCUT2D eigenvalue weighted by Crippen LogP contribution is 1.93. The molecular formula is C11H20N2O5. The third-order valence-electron chi connectivity index (χ3n) is 2.41. The van der Waals surface area contributed by atoms with Crippen molar-refractivity contribution in [3.8, 4) is 0 Å². The van der Waals surface area contributed by atoms with Crippen LogP contribution < -0.4 is 10.6 Å². The maximum absolute atomic E-state index is 11.5. The monoisotopic (exact) mass is 260 g/mol. The number of hydrogen-bond donors (Lipinski definition) is 2. The molecule has 7 heteroatoms. The van der Waals surface area contributed by atoms with Crippen LogP contribution in [0, 0.1) is 0 Å². The van der Waals surface area contributed by atoms with E-state index in [0.717, 1.165) is 6.42 Å². The molecule has 0 bridgehead atoms. The molecule has 1 aliphatic heterocycles. The van der Waals surface area contributed by atoms with Gasteiger partial charge in [0.05, 0.1) is 13.2 Å². The van der Waals surface area contributed by atoms with Gasteiger partial charge in [-0.25, -0.2) is 0 Å². The summed E-state index contributed by atoms with van der Waals surface area (Å²) in [6.07, 6.45) is 0.820. The van der Waals surface area contributed by atoms with Crippen LogP contribution in [0.4, 0.5) is 0 Å². The predicted molar refractivity (Wildman–Crippen MR) is 63.1 cm³/mol. The van der Waals surface area contributed by atoms with Crippen molar-refractivity contribution in [2.75, 3.05) is 46.6 Å². The average Bonchev–Trinajstić information content (AvgIpc) is 2.38. The van der Waals surface area contributed by atoms with Gasteiger partial charge in [-0.2, -0.15) is 0 Å². The van der Waals surface area contributed by atoms with Gasteiger partial charge in [0.25, 0.3) is 0 Å². The zero-order valence-corrected chi connectivity index (χ0v) is 10.6. The third-order valence-corrected chi connectivity index (χ3v) is 2.41. The summed E-state index contributed by atoms with van der Waals surface area (Å²) < 4.78 is 15.1. The van der Waals surface area contributed by atoms with Crippen LogP contribution in [-0.2, 0) is 23.8 Å². The van der Waals surface area contributed by atoms with Crippen LogP contribution in [0.1, 0.15) is 6.42 Å². The van der Waals surface area contributed by atoms with Gasteiger partial charge in [0, 0.05) is 26.9 Å². The molecule has 0 aromatic carbocycles. The molecule has 1 atom stereocenters. The number of carbonyl (C=O) groups is 2. The Labute approximate surface area is 106 Å². The zero-order valence-electron chi connectivity index (χ0n) is 10.6. The van der Waals surface area contributed by atoms with Gasteiger partial charge in [-0.05, 0) is 6.42 Å². The smallest absolute Gasteiger partial charge is 0.325 e. The molecule has 2 N–H and O–H groups in total. The quantitative estimate of drug-likeness (QED) is 0.415. The second-order valence-corrected chi connectivity index (χ2v) is 3.86. The van der Waals surface area contributed by atoms with E-state index in [9.17, 15) is 9.59 Å². The molecule has 0 aromatic heterocycles. The number of carbonyl (C=O) groups excluding carboxylic acids is 2. The van der Waals surface area contributed by atoms with Gasteiger partial charge >= 0.3 is 5.97 Å². The van der Waals surface area contributed by atoms with E-state index in [1.54, 1.807) is 7.11 Å². The SMILES string of the molecule is COCCCOCCOC(=O)C1CNC(=O)CN1. The van der Waals surface area contributed by atoms with Crippen molar-refractivity contribution in [3.63, 3.8) is 0 Å². The normalized spacial score (nSPS) is 19.4. The molecule has 18 heavy (non-hydrogen) atoms. The largest absolute Gasteiger partial charge is 0.462 e. The summed E-state index contributed by atoms with van der Waals surface area (Å²) in [5.41, 5.74) is 0. The Bertz CT molecular complexity index is 262. The van der Waals surface area contributed by atoms with E-state index in [1.807, 2.05) is 0 Å². The summed E-state index contributed by atoms with van der Waals surface area (Å²) >= 11 is 0. The van der Waals surface area contributed by atoms with E-state index in [2.05, 4.69) is 10.6 Å². The molecule has 1 fully saturated rings. The lowest BCUT2D eigenvalue weighted by molar-refractivity contribution is -0.148. The number of ether oxygens (including phenoxy) is 3. The van der Waals surface area contributed by atoms with Crippen molar-refractivity contribution in [2.45, 2.75) is 12.5 Å². The standard InChI is InChI=1S/C11H20N2O5/c1-16-3-2-4-17-5-6-18-11(15)9-7-13-10(14)8-12-9/h9,12H,2-8H2,1H3,(H,13,14). The predicted octanol–water partition coefficient (Wildman–Crippen LogP) is -1.33. The summed E-state index contributed by atoms with van der Waals surface area (Å²) in [5.74, 6) is -0.476. The Kier molecular flexibility index (Phi) is 7.31. The Balaban J connectivity index is 1.98. The molecule has 1 unspecified atom stereocenters. The highest BCUT2D eigenvalue weighted by Gasteiger charge is 2.24. The molecule has 1 aliphatic rings. The number of amides is 1. The maximum atomic E-state index is 11.5. The first-order valence-corrected chi connectivity index (χ1v) is 5.97. The lowest BCUT2D eigenvalue weighted by atomic mass is 10.2. The van der Waals surface area contributed by atoms with Gasteiger partial charge in [-0.3, -0.25) is 14.9 Å². The first kappa shape index (κ1) is 14.9. The van der Waals surface area contributed by atoms with Gasteiger partial charge in [-0.1, -0.05) is 0 Å². The first-order chi connectivity index (χ1) is 8.74. The van der Waals surface area contributed by atoms with Gasteiger partial charge in [0.2, 0.25) is 5.91 Å². The number of nitrogens with one attached hydrogen (secondary N) is 2. The van der Waals surface area contributed by atoms with Gasteiger partial charge < -0.3 is 19.5 Å². The Morgan fingerprint density at radius 1 is 1.33 bits per heavy atom. The Hall–Kier alpha value is -1.18. The van der Waals surface area contributed by atoms with Crippen LogP contribution in [0.3, 0.4) is 0 Å². The highest BCUT2D eigenvalue weighted by atomic mass is 16.6. The lowest BCUT2D eigenvalue weighted by Gasteiger charge is -2.22. The molecule has 0 radical (unpaired) electrons. The number of esters is 1. The highest BCUT2D eigenvalue weighted by molar-refractivity contribution is 5.83. The van der Waals surface area contributed by atoms with E-state index in [1.165, 1.54) is 0 Å². The summed E-state index contributed by atoms with van der Waals surface area (Å²) in [6, 6.07) is -0.462. The molecule has 0 saturated carbocycles. The van der Waals surface area contributed by atoms with Crippen molar-refractivity contribution >= 4 is 11.9 Å². The molecule has 1 rings (SSSR count). The van der Waals surface area contributed by atoms with E-state index in [0.29, 0.717) is 19.8 Å². The fraction of sp³-hybridized carbons (Fsp3) is 0.818. The topological polar surface area (TPSA) is 85.9 Å². The van der Waals surface area contributed by atoms with Crippen LogP contribution in [0.2, 0.25) is 0 Å². The summed E-state index contributed by atoms with van der Waals surface area (Å²) in [6.45, 7) is 2.25. The van der Waals surface area contributed by atoms with Crippen molar-refractivity contribution in [1.82, 2.24) is 10.6 Å². The van der Waals surface area contributed by atoms with E-state index < -0.39 is 6.04 Å². The van der Waals surface area contributed by atoms with Crippen molar-refractivity contribution < 1.29 is 23.8 Å². The minimum Gasteiger partial charge on any atom is -0.462 e. The van der Waals surface area contributed by atoms with Crippen LogP contribution in [0.15, 0.2) is 0 Å². The van der Waals surface area contributed by atoms with Gasteiger partial charge in [-0.15, -0.1) is 0 Å². The molecule has 1 heterocycles. The van der Waals surface area contributed by atoms with Gasteiger partial charge in [0.15, 0.2) is 0 Å². The van der Waals surface area contributed by atoms with Gasteiger partial charge in [0.1, 0.15) is 12.6 Å². The molecule has 0 spiro atoms. The van der Waals surface area contributed by atoms with Crippen molar-refractivity contribution in [1.29, 1.82) is 0 Å². The zero-order chi connectivity index (χ0) is 13.2. The summed E-state index contributed by atoms with van der Waals surface area (Å²) in [5, 5.41) is 5.38. The molecule has 1 saturated heterocycles. The number of rotatable bonds is 8. The second-order valence-electron chi connectivity index (χ2n) is 3.86. The summed E-state index contributed by atoms with van der Waals surface area (Å²) in [7, 11) is 1.64. The minimum atomic E-state index is -0.462. The van der Waals surface area contributed by atoms with E-state index in [4.69, 9.17) is 14.2 Å². The van der Waals surface area contributed by atoms with E-state index >= 15 is 0 Å². The lowest BCUT2D eigenvalue weighted by Crippen LogP contribution is -2.55. The Morgan fingerprint density at radius 3 is 2.83 bits per heavy atom. The van der Waals surface area contributed by atoms with Crippen LogP contribution in [0.25, 0.3) is 0 Å². The Morgan fingerprint density at radius 2 is 2.17 bits per heavy atom. The van der Waals surface area contributed by atoms with E-state index in [-0.39, 0.29) is 31.6 Å². The second kappa shape index (κ2) is 8.84. The first-order valence-electron chi connectivity index (χ1n) is 5.97. The number of piperazine rings is 1. The van der Waals surface area contributed by atoms with Crippen LogP contribution in [-0.4, -0.2) is 64.5 Å². The van der Waals surface area contributed by atoms with Crippen LogP contribution in [0.5, 0.6) is 0 Å². The molecular weight excluding hydrogens is 240 g/mol. The number of hydrogen-bond acceptors (Lipinski definition) is 6. The molecule has 104 valence electrons. The van der Waals surface area contributed by atoms with Crippen molar-refractivity contribution in [2.24, 2.45) is 0 Å². The molecule has 1 amide bonds. The minimum absolute atomic E-state index is 0.111. The van der Waals surface area contributed by atoms with Crippen molar-refractivity contribution in [3.05, 3.63) is 0 Å². The maximum Gasteiger partial charge on any atom is 0.325 e. The molecule has 7 nitrogen and oxygen atoms in total. The summed E-state index contributed by atoms with van der Waals surface area (Å²) in [4.78, 5) is 22.4. The van der Waals surface area contributed by atoms with Crippen LogP contribution >= 0.6 is 0 Å². The fourth-order valence-electron chi connectivity index (χ4n) is 1.44. The molecule has 0 aromatic rings. The molecule has 0 aliphatic carbocycles.